The zero-order valence-electron chi connectivity index (χ0n) is 10.2. The van der Waals surface area contributed by atoms with E-state index in [-0.39, 0.29) is 0 Å². The molecule has 0 radical (unpaired) electrons. The summed E-state index contributed by atoms with van der Waals surface area (Å²) in [6.07, 6.45) is 6.47. The van der Waals surface area contributed by atoms with Crippen LogP contribution >= 0.6 is 0 Å². The van der Waals surface area contributed by atoms with Gasteiger partial charge in [-0.2, -0.15) is 0 Å². The molecule has 1 N–H and O–H groups in total. The highest BCUT2D eigenvalue weighted by molar-refractivity contribution is 5.50. The van der Waals surface area contributed by atoms with Crippen LogP contribution in [-0.2, 0) is 0 Å². The standard InChI is InChI=1S/C13H21N3/c1-11-8-15-7-5-13(11)16(2)10-12-4-3-6-14-9-12/h5,7-8,12,14H,3-4,6,9-10H2,1-2H3. The Balaban J connectivity index is 1.96. The van der Waals surface area contributed by atoms with E-state index in [0.717, 1.165) is 19.0 Å². The fourth-order valence-corrected chi connectivity index (χ4v) is 2.46. The number of pyridine rings is 1. The van der Waals surface area contributed by atoms with Crippen LogP contribution in [0.4, 0.5) is 5.69 Å². The van der Waals surface area contributed by atoms with Crippen molar-refractivity contribution in [2.45, 2.75) is 19.8 Å². The predicted octanol–water partition coefficient (Wildman–Crippen LogP) is 1.83. The van der Waals surface area contributed by atoms with Crippen LogP contribution in [0.25, 0.3) is 0 Å². The molecule has 0 saturated carbocycles. The largest absolute Gasteiger partial charge is 0.374 e. The van der Waals surface area contributed by atoms with Crippen LogP contribution in [0.15, 0.2) is 18.5 Å². The summed E-state index contributed by atoms with van der Waals surface area (Å²) < 4.78 is 0. The first-order chi connectivity index (χ1) is 7.77. The molecule has 1 aromatic rings. The van der Waals surface area contributed by atoms with Crippen LogP contribution in [0.3, 0.4) is 0 Å². The highest BCUT2D eigenvalue weighted by Crippen LogP contribution is 2.19. The lowest BCUT2D eigenvalue weighted by Crippen LogP contribution is -2.37. The summed E-state index contributed by atoms with van der Waals surface area (Å²) in [7, 11) is 2.18. The van der Waals surface area contributed by atoms with Crippen LogP contribution < -0.4 is 10.2 Å². The molecule has 1 saturated heterocycles. The molecule has 2 heterocycles. The summed E-state index contributed by atoms with van der Waals surface area (Å²) in [6, 6.07) is 2.10. The lowest BCUT2D eigenvalue weighted by molar-refractivity contribution is 0.381. The summed E-state index contributed by atoms with van der Waals surface area (Å²) in [5, 5.41) is 3.47. The summed E-state index contributed by atoms with van der Waals surface area (Å²) in [5.74, 6) is 0.784. The Hall–Kier alpha value is -1.09. The van der Waals surface area contributed by atoms with Crippen LogP contribution in [0.1, 0.15) is 18.4 Å². The fourth-order valence-electron chi connectivity index (χ4n) is 2.46. The molecular formula is C13H21N3. The maximum atomic E-state index is 4.14. The minimum atomic E-state index is 0.784. The van der Waals surface area contributed by atoms with Gasteiger partial charge in [0.05, 0.1) is 0 Å². The van der Waals surface area contributed by atoms with E-state index in [1.54, 1.807) is 0 Å². The monoisotopic (exact) mass is 219 g/mol. The molecule has 16 heavy (non-hydrogen) atoms. The molecule has 88 valence electrons. The van der Waals surface area contributed by atoms with Crippen molar-refractivity contribution in [2.24, 2.45) is 5.92 Å². The van der Waals surface area contributed by atoms with Crippen LogP contribution in [-0.4, -0.2) is 31.7 Å². The van der Waals surface area contributed by atoms with Crippen molar-refractivity contribution in [1.82, 2.24) is 10.3 Å². The molecule has 3 heteroatoms. The smallest absolute Gasteiger partial charge is 0.0424 e. The Kier molecular flexibility index (Phi) is 3.78. The molecule has 0 bridgehead atoms. The highest BCUT2D eigenvalue weighted by Gasteiger charge is 2.15. The molecule has 0 amide bonds. The topological polar surface area (TPSA) is 28.2 Å². The number of nitrogens with one attached hydrogen (secondary N) is 1. The van der Waals surface area contributed by atoms with Gasteiger partial charge in [0.25, 0.3) is 0 Å². The summed E-state index contributed by atoms with van der Waals surface area (Å²) in [6.45, 7) is 5.61. The van der Waals surface area contributed by atoms with Gasteiger partial charge in [-0.1, -0.05) is 0 Å². The van der Waals surface area contributed by atoms with Gasteiger partial charge < -0.3 is 10.2 Å². The van der Waals surface area contributed by atoms with Crippen LogP contribution in [0.2, 0.25) is 0 Å². The van der Waals surface area contributed by atoms with Gasteiger partial charge in [-0.25, -0.2) is 0 Å². The molecule has 0 aromatic carbocycles. The average molecular weight is 219 g/mol. The lowest BCUT2D eigenvalue weighted by atomic mass is 9.99. The maximum absolute atomic E-state index is 4.14. The number of piperidine rings is 1. The molecule has 1 unspecified atom stereocenters. The van der Waals surface area contributed by atoms with E-state index in [1.165, 1.54) is 30.6 Å². The van der Waals surface area contributed by atoms with Crippen molar-refractivity contribution in [1.29, 1.82) is 0 Å². The van der Waals surface area contributed by atoms with E-state index in [4.69, 9.17) is 0 Å². The van der Waals surface area contributed by atoms with Crippen molar-refractivity contribution in [2.75, 3.05) is 31.6 Å². The van der Waals surface area contributed by atoms with E-state index in [0.29, 0.717) is 0 Å². The summed E-state index contributed by atoms with van der Waals surface area (Å²) in [4.78, 5) is 6.49. The Morgan fingerprint density at radius 3 is 3.12 bits per heavy atom. The van der Waals surface area contributed by atoms with Crippen molar-refractivity contribution >= 4 is 5.69 Å². The van der Waals surface area contributed by atoms with Gasteiger partial charge in [0, 0.05) is 31.7 Å². The van der Waals surface area contributed by atoms with Gasteiger partial charge in [0.15, 0.2) is 0 Å². The Labute approximate surface area is 97.9 Å². The molecule has 1 aromatic heterocycles. The minimum absolute atomic E-state index is 0.784. The second-order valence-corrected chi connectivity index (χ2v) is 4.76. The number of rotatable bonds is 3. The number of hydrogen-bond donors (Lipinski definition) is 1. The van der Waals surface area contributed by atoms with E-state index >= 15 is 0 Å². The van der Waals surface area contributed by atoms with Crippen LogP contribution in [0.5, 0.6) is 0 Å². The highest BCUT2D eigenvalue weighted by atomic mass is 15.1. The van der Waals surface area contributed by atoms with Gasteiger partial charge >= 0.3 is 0 Å². The van der Waals surface area contributed by atoms with Crippen molar-refractivity contribution in [3.63, 3.8) is 0 Å². The van der Waals surface area contributed by atoms with E-state index in [1.807, 2.05) is 12.4 Å². The zero-order chi connectivity index (χ0) is 11.4. The molecule has 1 atom stereocenters. The van der Waals surface area contributed by atoms with E-state index < -0.39 is 0 Å². The number of hydrogen-bond acceptors (Lipinski definition) is 3. The van der Waals surface area contributed by atoms with Gasteiger partial charge in [-0.15, -0.1) is 0 Å². The maximum Gasteiger partial charge on any atom is 0.0424 e. The first-order valence-electron chi connectivity index (χ1n) is 6.10. The van der Waals surface area contributed by atoms with E-state index in [2.05, 4.69) is 35.2 Å². The Bertz CT molecular complexity index is 332. The second-order valence-electron chi connectivity index (χ2n) is 4.76. The summed E-state index contributed by atoms with van der Waals surface area (Å²) >= 11 is 0. The van der Waals surface area contributed by atoms with E-state index in [9.17, 15) is 0 Å². The fraction of sp³-hybridized carbons (Fsp3) is 0.615. The number of aryl methyl sites for hydroxylation is 1. The third-order valence-corrected chi connectivity index (χ3v) is 3.33. The summed E-state index contributed by atoms with van der Waals surface area (Å²) in [5.41, 5.74) is 2.56. The first-order valence-corrected chi connectivity index (χ1v) is 6.10. The molecule has 1 aliphatic rings. The number of aromatic nitrogens is 1. The third kappa shape index (κ3) is 2.73. The normalized spacial score (nSPS) is 20.8. The lowest BCUT2D eigenvalue weighted by Gasteiger charge is -2.29. The molecular weight excluding hydrogens is 198 g/mol. The third-order valence-electron chi connectivity index (χ3n) is 3.33. The molecule has 0 spiro atoms. The molecule has 3 nitrogen and oxygen atoms in total. The van der Waals surface area contributed by atoms with Crippen molar-refractivity contribution < 1.29 is 0 Å². The van der Waals surface area contributed by atoms with Gasteiger partial charge in [0.2, 0.25) is 0 Å². The minimum Gasteiger partial charge on any atom is -0.374 e. The Morgan fingerprint density at radius 2 is 2.44 bits per heavy atom. The second kappa shape index (κ2) is 5.30. The Morgan fingerprint density at radius 1 is 1.56 bits per heavy atom. The number of nitrogens with zero attached hydrogens (tertiary/aromatic N) is 2. The first kappa shape index (κ1) is 11.4. The zero-order valence-corrected chi connectivity index (χ0v) is 10.2. The predicted molar refractivity (Wildman–Crippen MR) is 67.8 cm³/mol. The van der Waals surface area contributed by atoms with Crippen molar-refractivity contribution in [3.05, 3.63) is 24.0 Å². The van der Waals surface area contributed by atoms with Gasteiger partial charge in [0.1, 0.15) is 0 Å². The van der Waals surface area contributed by atoms with Gasteiger partial charge in [-0.3, -0.25) is 4.98 Å². The molecule has 1 aliphatic heterocycles. The van der Waals surface area contributed by atoms with Gasteiger partial charge in [-0.05, 0) is 50.4 Å². The average Bonchev–Trinajstić information content (AvgIpc) is 2.31. The SMILES string of the molecule is Cc1cnccc1N(C)CC1CCCNC1. The van der Waals surface area contributed by atoms with Crippen molar-refractivity contribution in [3.8, 4) is 0 Å². The molecule has 0 aliphatic carbocycles. The van der Waals surface area contributed by atoms with Crippen LogP contribution in [0, 0.1) is 12.8 Å². The quantitative estimate of drug-likeness (QED) is 0.840. The number of anilines is 1. The molecule has 1 fully saturated rings. The molecule has 2 rings (SSSR count).